The van der Waals surface area contributed by atoms with Gasteiger partial charge in [-0.3, -0.25) is 0 Å². The number of nitrogens with zero attached hydrogens (tertiary/aromatic N) is 1. The van der Waals surface area contributed by atoms with Gasteiger partial charge in [-0.15, -0.1) is 0 Å². The SMILES string of the molecule is O=C(O)C1=CC=CC=CC=N1. The first-order chi connectivity index (χ1) is 5.30. The lowest BCUT2D eigenvalue weighted by Crippen LogP contribution is -1.97. The average Bonchev–Trinajstić information content (AvgIpc) is 1.84. The number of rotatable bonds is 1. The third kappa shape index (κ3) is 2.21. The van der Waals surface area contributed by atoms with Gasteiger partial charge in [-0.05, 0) is 12.2 Å². The summed E-state index contributed by atoms with van der Waals surface area (Å²) in [7, 11) is 0. The van der Waals surface area contributed by atoms with E-state index in [2.05, 4.69) is 4.99 Å². The zero-order valence-electron chi connectivity index (χ0n) is 5.77. The van der Waals surface area contributed by atoms with Crippen LogP contribution < -0.4 is 0 Å². The van der Waals surface area contributed by atoms with E-state index >= 15 is 0 Å². The Morgan fingerprint density at radius 2 is 2.00 bits per heavy atom. The van der Waals surface area contributed by atoms with E-state index in [1.54, 1.807) is 24.3 Å². The molecule has 0 radical (unpaired) electrons. The zero-order valence-corrected chi connectivity index (χ0v) is 5.77. The van der Waals surface area contributed by atoms with Gasteiger partial charge in [-0.25, -0.2) is 9.79 Å². The smallest absolute Gasteiger partial charge is 0.354 e. The molecule has 11 heavy (non-hydrogen) atoms. The highest BCUT2D eigenvalue weighted by atomic mass is 16.4. The van der Waals surface area contributed by atoms with Crippen molar-refractivity contribution in [2.24, 2.45) is 4.99 Å². The summed E-state index contributed by atoms with van der Waals surface area (Å²) in [5.74, 6) is -1.01. The molecule has 0 unspecified atom stereocenters. The molecule has 1 rings (SSSR count). The van der Waals surface area contributed by atoms with E-state index in [4.69, 9.17) is 5.11 Å². The molecule has 3 heteroatoms. The molecule has 0 aromatic rings. The fourth-order valence-electron chi connectivity index (χ4n) is 0.618. The molecular weight excluding hydrogens is 142 g/mol. The molecule has 0 aromatic carbocycles. The van der Waals surface area contributed by atoms with Gasteiger partial charge in [0.2, 0.25) is 0 Å². The number of carbonyl (C=O) groups is 1. The van der Waals surface area contributed by atoms with Gasteiger partial charge in [0, 0.05) is 6.21 Å². The molecule has 1 aliphatic rings. The van der Waals surface area contributed by atoms with Gasteiger partial charge in [-0.2, -0.15) is 0 Å². The van der Waals surface area contributed by atoms with E-state index in [1.165, 1.54) is 12.3 Å². The van der Waals surface area contributed by atoms with Crippen molar-refractivity contribution in [3.05, 3.63) is 36.1 Å². The van der Waals surface area contributed by atoms with Crippen LogP contribution in [0.15, 0.2) is 41.1 Å². The minimum Gasteiger partial charge on any atom is -0.477 e. The van der Waals surface area contributed by atoms with Gasteiger partial charge in [0.15, 0.2) is 0 Å². The van der Waals surface area contributed by atoms with Crippen molar-refractivity contribution in [1.82, 2.24) is 0 Å². The maximum atomic E-state index is 10.4. The number of carboxylic acid groups (broad SMARTS) is 1. The fourth-order valence-corrected chi connectivity index (χ4v) is 0.618. The summed E-state index contributed by atoms with van der Waals surface area (Å²) in [6, 6.07) is 0. The van der Waals surface area contributed by atoms with Gasteiger partial charge in [-0.1, -0.05) is 18.2 Å². The van der Waals surface area contributed by atoms with Crippen LogP contribution in [-0.4, -0.2) is 17.3 Å². The summed E-state index contributed by atoms with van der Waals surface area (Å²) < 4.78 is 0. The average molecular weight is 149 g/mol. The number of aliphatic imine (C=N–C) groups is 1. The largest absolute Gasteiger partial charge is 0.477 e. The maximum absolute atomic E-state index is 10.4. The predicted octanol–water partition coefficient (Wildman–Crippen LogP) is 1.15. The Kier molecular flexibility index (Phi) is 2.38. The summed E-state index contributed by atoms with van der Waals surface area (Å²) in [5, 5.41) is 8.52. The Bertz CT molecular complexity index is 272. The number of hydrogen-bond acceptors (Lipinski definition) is 2. The number of aliphatic carboxylic acids is 1. The molecule has 1 aliphatic heterocycles. The highest BCUT2D eigenvalue weighted by Crippen LogP contribution is 1.98. The van der Waals surface area contributed by atoms with Crippen LogP contribution in [0.5, 0.6) is 0 Å². The van der Waals surface area contributed by atoms with E-state index in [-0.39, 0.29) is 5.70 Å². The Morgan fingerprint density at radius 3 is 2.73 bits per heavy atom. The van der Waals surface area contributed by atoms with Crippen LogP contribution in [0.1, 0.15) is 0 Å². The van der Waals surface area contributed by atoms with Crippen molar-refractivity contribution >= 4 is 12.2 Å². The van der Waals surface area contributed by atoms with E-state index in [1.807, 2.05) is 0 Å². The van der Waals surface area contributed by atoms with Crippen LogP contribution in [0.25, 0.3) is 0 Å². The van der Waals surface area contributed by atoms with Crippen LogP contribution in [-0.2, 0) is 4.79 Å². The summed E-state index contributed by atoms with van der Waals surface area (Å²) in [6.07, 6.45) is 9.72. The standard InChI is InChI=1S/C8H7NO2/c10-8(11)7-5-3-1-2-4-6-9-7/h1-6H,(H,10,11). The van der Waals surface area contributed by atoms with Crippen molar-refractivity contribution < 1.29 is 9.90 Å². The van der Waals surface area contributed by atoms with Crippen molar-refractivity contribution in [1.29, 1.82) is 0 Å². The number of allylic oxidation sites excluding steroid dienone is 5. The maximum Gasteiger partial charge on any atom is 0.354 e. The number of carboxylic acids is 1. The first kappa shape index (κ1) is 7.47. The lowest BCUT2D eigenvalue weighted by molar-refractivity contribution is -0.132. The van der Waals surface area contributed by atoms with Crippen LogP contribution in [0.3, 0.4) is 0 Å². The minimum atomic E-state index is -1.01. The molecule has 0 atom stereocenters. The second-order valence-electron chi connectivity index (χ2n) is 1.91. The predicted molar refractivity (Wildman–Crippen MR) is 42.5 cm³/mol. The van der Waals surface area contributed by atoms with Gasteiger partial charge in [0.05, 0.1) is 0 Å². The van der Waals surface area contributed by atoms with Crippen molar-refractivity contribution in [3.8, 4) is 0 Å². The lowest BCUT2D eigenvalue weighted by atomic mass is 10.3. The van der Waals surface area contributed by atoms with E-state index in [9.17, 15) is 4.79 Å². The van der Waals surface area contributed by atoms with Crippen LogP contribution in [0.2, 0.25) is 0 Å². The third-order valence-electron chi connectivity index (χ3n) is 1.11. The van der Waals surface area contributed by atoms with Crippen molar-refractivity contribution in [3.63, 3.8) is 0 Å². The van der Waals surface area contributed by atoms with E-state index < -0.39 is 5.97 Å². The lowest BCUT2D eigenvalue weighted by Gasteiger charge is -1.91. The molecule has 1 N–H and O–H groups in total. The quantitative estimate of drug-likeness (QED) is 0.608. The topological polar surface area (TPSA) is 49.7 Å². The highest BCUT2D eigenvalue weighted by Gasteiger charge is 2.01. The second-order valence-corrected chi connectivity index (χ2v) is 1.91. The molecule has 0 saturated heterocycles. The van der Waals surface area contributed by atoms with E-state index in [0.717, 1.165) is 0 Å². The van der Waals surface area contributed by atoms with E-state index in [0.29, 0.717) is 0 Å². The Balaban J connectivity index is 2.87. The molecule has 0 bridgehead atoms. The van der Waals surface area contributed by atoms with Crippen LogP contribution >= 0.6 is 0 Å². The van der Waals surface area contributed by atoms with Crippen molar-refractivity contribution in [2.75, 3.05) is 0 Å². The Hall–Kier alpha value is -1.64. The summed E-state index contributed by atoms with van der Waals surface area (Å²) in [5.41, 5.74) is 0.0469. The molecule has 0 amide bonds. The summed E-state index contributed by atoms with van der Waals surface area (Å²) in [4.78, 5) is 14.1. The number of hydrogen-bond donors (Lipinski definition) is 1. The minimum absolute atomic E-state index is 0.0469. The normalized spacial score (nSPS) is 15.5. The van der Waals surface area contributed by atoms with Gasteiger partial charge in [0.1, 0.15) is 5.70 Å². The molecule has 0 saturated carbocycles. The highest BCUT2D eigenvalue weighted by molar-refractivity contribution is 5.90. The molecule has 56 valence electrons. The van der Waals surface area contributed by atoms with Gasteiger partial charge < -0.3 is 5.11 Å². The molecule has 3 nitrogen and oxygen atoms in total. The molecule has 0 fully saturated rings. The molecule has 0 spiro atoms. The molecule has 1 heterocycles. The zero-order chi connectivity index (χ0) is 8.10. The van der Waals surface area contributed by atoms with Gasteiger partial charge in [0.25, 0.3) is 0 Å². The molecular formula is C8H7NO2. The summed E-state index contributed by atoms with van der Waals surface area (Å²) in [6.45, 7) is 0. The van der Waals surface area contributed by atoms with Gasteiger partial charge >= 0.3 is 5.97 Å². The Labute approximate surface area is 64.1 Å². The Morgan fingerprint density at radius 1 is 1.27 bits per heavy atom. The summed E-state index contributed by atoms with van der Waals surface area (Å²) >= 11 is 0. The van der Waals surface area contributed by atoms with Crippen molar-refractivity contribution in [2.45, 2.75) is 0 Å². The fraction of sp³-hybridized carbons (Fsp3) is 0. The van der Waals surface area contributed by atoms with Crippen LogP contribution in [0.4, 0.5) is 0 Å². The monoisotopic (exact) mass is 149 g/mol. The molecule has 0 aliphatic carbocycles. The first-order valence-electron chi connectivity index (χ1n) is 3.11. The molecule has 0 aromatic heterocycles. The van der Waals surface area contributed by atoms with Crippen LogP contribution in [0, 0.1) is 0 Å². The first-order valence-corrected chi connectivity index (χ1v) is 3.11. The second kappa shape index (κ2) is 3.51. The third-order valence-corrected chi connectivity index (χ3v) is 1.11.